The molecule has 2 aromatic carbocycles. The summed E-state index contributed by atoms with van der Waals surface area (Å²) in [7, 11) is 0. The van der Waals surface area contributed by atoms with Crippen molar-refractivity contribution in [3.8, 4) is 5.75 Å². The Morgan fingerprint density at radius 3 is 2.81 bits per heavy atom. The van der Waals surface area contributed by atoms with Crippen LogP contribution in [-0.2, 0) is 11.2 Å². The molecule has 3 nitrogen and oxygen atoms in total. The summed E-state index contributed by atoms with van der Waals surface area (Å²) in [5, 5.41) is 12.3. The maximum atomic E-state index is 13.6. The molecule has 0 radical (unpaired) electrons. The second-order valence-corrected chi connectivity index (χ2v) is 5.38. The van der Waals surface area contributed by atoms with Crippen LogP contribution < -0.4 is 5.32 Å². The summed E-state index contributed by atoms with van der Waals surface area (Å²) in [5.41, 5.74) is 1.43. The van der Waals surface area contributed by atoms with Crippen molar-refractivity contribution in [1.29, 1.82) is 0 Å². The Hall–Kier alpha value is -2.36. The first-order chi connectivity index (χ1) is 10.1. The van der Waals surface area contributed by atoms with Crippen molar-refractivity contribution in [3.63, 3.8) is 0 Å². The van der Waals surface area contributed by atoms with Gasteiger partial charge < -0.3 is 10.4 Å². The van der Waals surface area contributed by atoms with Gasteiger partial charge in [-0.25, -0.2) is 4.39 Å². The maximum absolute atomic E-state index is 13.6. The van der Waals surface area contributed by atoms with Gasteiger partial charge in [-0.1, -0.05) is 30.3 Å². The van der Waals surface area contributed by atoms with Crippen molar-refractivity contribution >= 4 is 5.91 Å². The quantitative estimate of drug-likeness (QED) is 0.907. The Morgan fingerprint density at radius 1 is 1.24 bits per heavy atom. The molecule has 3 rings (SSSR count). The number of rotatable bonds is 4. The van der Waals surface area contributed by atoms with Crippen LogP contribution in [0.3, 0.4) is 0 Å². The normalized spacial score (nSPS) is 20.0. The van der Waals surface area contributed by atoms with E-state index >= 15 is 0 Å². The first kappa shape index (κ1) is 13.6. The number of nitrogens with one attached hydrogen (secondary N) is 1. The highest BCUT2D eigenvalue weighted by molar-refractivity contribution is 5.79. The number of halogens is 1. The van der Waals surface area contributed by atoms with Gasteiger partial charge >= 0.3 is 0 Å². The number of benzene rings is 2. The number of phenolic OH excluding ortho intramolecular Hbond substituents is 1. The molecule has 108 valence electrons. The number of aromatic hydroxyl groups is 1. The van der Waals surface area contributed by atoms with E-state index in [1.54, 1.807) is 36.4 Å². The molecular weight excluding hydrogens is 269 g/mol. The van der Waals surface area contributed by atoms with E-state index in [9.17, 15) is 14.3 Å². The fourth-order valence-corrected chi connectivity index (χ4v) is 2.58. The van der Waals surface area contributed by atoms with E-state index in [0.717, 1.165) is 12.0 Å². The molecule has 0 aromatic heterocycles. The predicted molar refractivity (Wildman–Crippen MR) is 77.5 cm³/mol. The van der Waals surface area contributed by atoms with E-state index in [2.05, 4.69) is 5.32 Å². The van der Waals surface area contributed by atoms with Gasteiger partial charge in [-0.15, -0.1) is 0 Å². The van der Waals surface area contributed by atoms with Gasteiger partial charge in [0.05, 0.1) is 6.42 Å². The minimum atomic E-state index is -0.216. The number of carbonyl (C=O) groups excluding carboxylic acids is 1. The highest BCUT2D eigenvalue weighted by Gasteiger charge is 2.40. The average Bonchev–Trinajstić information content (AvgIpc) is 3.18. The molecule has 0 heterocycles. The lowest BCUT2D eigenvalue weighted by molar-refractivity contribution is -0.120. The Morgan fingerprint density at radius 2 is 2.05 bits per heavy atom. The zero-order valence-corrected chi connectivity index (χ0v) is 11.4. The van der Waals surface area contributed by atoms with Crippen LogP contribution in [0.25, 0.3) is 0 Å². The Kier molecular flexibility index (Phi) is 3.60. The number of hydrogen-bond acceptors (Lipinski definition) is 2. The highest BCUT2D eigenvalue weighted by atomic mass is 19.1. The molecule has 4 heteroatoms. The fourth-order valence-electron chi connectivity index (χ4n) is 2.58. The standard InChI is InChI=1S/C17H16FNO2/c18-15-7-2-1-6-13(15)14-10-16(14)19-17(21)9-11-4-3-5-12(20)8-11/h1-8,14,16,20H,9-10H2,(H,19,21)/t14-,16+/m0/s1. The smallest absolute Gasteiger partial charge is 0.224 e. The van der Waals surface area contributed by atoms with Crippen molar-refractivity contribution in [1.82, 2.24) is 5.32 Å². The molecule has 1 fully saturated rings. The molecular formula is C17H16FNO2. The van der Waals surface area contributed by atoms with E-state index in [4.69, 9.17) is 0 Å². The zero-order valence-electron chi connectivity index (χ0n) is 11.4. The van der Waals surface area contributed by atoms with E-state index in [1.807, 2.05) is 6.07 Å². The van der Waals surface area contributed by atoms with Crippen LogP contribution in [0.15, 0.2) is 48.5 Å². The van der Waals surface area contributed by atoms with Crippen molar-refractivity contribution in [2.45, 2.75) is 24.8 Å². The number of amides is 1. The van der Waals surface area contributed by atoms with Crippen molar-refractivity contribution in [2.24, 2.45) is 0 Å². The molecule has 1 aliphatic carbocycles. The number of hydrogen-bond donors (Lipinski definition) is 2. The molecule has 1 amide bonds. The third kappa shape index (κ3) is 3.21. The summed E-state index contributed by atoms with van der Waals surface area (Å²) < 4.78 is 13.6. The summed E-state index contributed by atoms with van der Waals surface area (Å²) in [6.07, 6.45) is 0.988. The third-order valence-corrected chi connectivity index (χ3v) is 3.72. The van der Waals surface area contributed by atoms with E-state index in [-0.39, 0.29) is 35.9 Å². The molecule has 21 heavy (non-hydrogen) atoms. The van der Waals surface area contributed by atoms with Gasteiger partial charge in [0.1, 0.15) is 11.6 Å². The summed E-state index contributed by atoms with van der Waals surface area (Å²) in [6, 6.07) is 13.3. The zero-order chi connectivity index (χ0) is 14.8. The SMILES string of the molecule is O=C(Cc1cccc(O)c1)N[C@@H]1C[C@H]1c1ccccc1F. The van der Waals surface area contributed by atoms with Gasteiger partial charge in [-0.2, -0.15) is 0 Å². The first-order valence-corrected chi connectivity index (χ1v) is 6.95. The summed E-state index contributed by atoms with van der Waals surface area (Å²) in [6.45, 7) is 0. The topological polar surface area (TPSA) is 49.3 Å². The van der Waals surface area contributed by atoms with Crippen LogP contribution in [0, 0.1) is 5.82 Å². The minimum Gasteiger partial charge on any atom is -0.508 e. The van der Waals surface area contributed by atoms with Crippen molar-refractivity contribution in [2.75, 3.05) is 0 Å². The maximum Gasteiger partial charge on any atom is 0.224 e. The van der Waals surface area contributed by atoms with Crippen LogP contribution in [0.5, 0.6) is 5.75 Å². The lowest BCUT2D eigenvalue weighted by Gasteiger charge is -2.06. The lowest BCUT2D eigenvalue weighted by atomic mass is 10.1. The Labute approximate surface area is 122 Å². The van der Waals surface area contributed by atoms with Gasteiger partial charge in [0.15, 0.2) is 0 Å². The average molecular weight is 285 g/mol. The second-order valence-electron chi connectivity index (χ2n) is 5.38. The van der Waals surface area contributed by atoms with Gasteiger partial charge in [0.25, 0.3) is 0 Å². The summed E-state index contributed by atoms with van der Waals surface area (Å²) in [4.78, 5) is 11.9. The minimum absolute atomic E-state index is 0.00621. The van der Waals surface area contributed by atoms with Crippen LogP contribution in [-0.4, -0.2) is 17.1 Å². The van der Waals surface area contributed by atoms with Gasteiger partial charge in [0, 0.05) is 12.0 Å². The second kappa shape index (κ2) is 5.56. The molecule has 0 aliphatic heterocycles. The number of phenols is 1. The third-order valence-electron chi connectivity index (χ3n) is 3.72. The summed E-state index contributed by atoms with van der Waals surface area (Å²) >= 11 is 0. The van der Waals surface area contributed by atoms with Crippen LogP contribution >= 0.6 is 0 Å². The molecule has 2 N–H and O–H groups in total. The predicted octanol–water partition coefficient (Wildman–Crippen LogP) is 2.75. The van der Waals surface area contributed by atoms with Crippen LogP contribution in [0.1, 0.15) is 23.5 Å². The number of carbonyl (C=O) groups is 1. The molecule has 0 unspecified atom stereocenters. The summed E-state index contributed by atoms with van der Waals surface area (Å²) in [5.74, 6) is -0.105. The molecule has 1 saturated carbocycles. The fraction of sp³-hybridized carbons (Fsp3) is 0.235. The van der Waals surface area contributed by atoms with E-state index in [0.29, 0.717) is 5.56 Å². The Bertz CT molecular complexity index is 671. The molecule has 1 aliphatic rings. The molecule has 0 spiro atoms. The lowest BCUT2D eigenvalue weighted by Crippen LogP contribution is -2.28. The Balaban J connectivity index is 1.57. The van der Waals surface area contributed by atoms with Crippen molar-refractivity contribution < 1.29 is 14.3 Å². The largest absolute Gasteiger partial charge is 0.508 e. The molecule has 2 aromatic rings. The van der Waals surface area contributed by atoms with E-state index < -0.39 is 0 Å². The van der Waals surface area contributed by atoms with E-state index in [1.165, 1.54) is 6.07 Å². The van der Waals surface area contributed by atoms with Gasteiger partial charge in [0.2, 0.25) is 5.91 Å². The van der Waals surface area contributed by atoms with Crippen molar-refractivity contribution in [3.05, 3.63) is 65.5 Å². The molecule has 2 atom stereocenters. The van der Waals surface area contributed by atoms with Gasteiger partial charge in [-0.3, -0.25) is 4.79 Å². The van der Waals surface area contributed by atoms with Crippen LogP contribution in [0.4, 0.5) is 4.39 Å². The molecule has 0 bridgehead atoms. The molecule has 0 saturated heterocycles. The van der Waals surface area contributed by atoms with Crippen LogP contribution in [0.2, 0.25) is 0 Å². The van der Waals surface area contributed by atoms with Gasteiger partial charge in [-0.05, 0) is 35.7 Å². The monoisotopic (exact) mass is 285 g/mol. The first-order valence-electron chi connectivity index (χ1n) is 6.95. The highest BCUT2D eigenvalue weighted by Crippen LogP contribution is 2.41.